The number of carbonyl (C=O) groups is 1. The van der Waals surface area contributed by atoms with Crippen LogP contribution in [0.25, 0.3) is 0 Å². The van der Waals surface area contributed by atoms with Crippen molar-refractivity contribution in [3.63, 3.8) is 0 Å². The minimum Gasteiger partial charge on any atom is -0.349 e. The van der Waals surface area contributed by atoms with Gasteiger partial charge in [0.15, 0.2) is 0 Å². The first-order chi connectivity index (χ1) is 13.4. The maximum Gasteiger partial charge on any atom is 0.264 e. The van der Waals surface area contributed by atoms with E-state index < -0.39 is 10.0 Å². The molecular weight excluding hydrogens is 372 g/mol. The van der Waals surface area contributed by atoms with Gasteiger partial charge in [0.1, 0.15) is 0 Å². The van der Waals surface area contributed by atoms with Crippen molar-refractivity contribution in [1.29, 1.82) is 0 Å². The third kappa shape index (κ3) is 3.41. The van der Waals surface area contributed by atoms with E-state index in [0.717, 1.165) is 17.9 Å². The highest BCUT2D eigenvalue weighted by molar-refractivity contribution is 7.92. The summed E-state index contributed by atoms with van der Waals surface area (Å²) in [5.41, 5.74) is 1.82. The molecule has 0 aliphatic heterocycles. The molecule has 1 amide bonds. The number of carbonyl (C=O) groups excluding carboxylic acids is 1. The lowest BCUT2D eigenvalue weighted by atomic mass is 9.95. The molecule has 2 aromatic carbocycles. The third-order valence-electron chi connectivity index (χ3n) is 6.27. The van der Waals surface area contributed by atoms with Gasteiger partial charge in [-0.1, -0.05) is 30.7 Å². The van der Waals surface area contributed by atoms with Crippen LogP contribution in [0.1, 0.15) is 41.6 Å². The molecule has 2 fully saturated rings. The second-order valence-corrected chi connectivity index (χ2v) is 10.0. The standard InChI is InChI=1S/C22H26N2O3S/c1-15-8-10-18(22(25)23-20-13-16-9-11-17(20)12-16)14-21(15)24(2)28(26,27)19-6-4-3-5-7-19/h3-8,10,14,16-17,20H,9,11-13H2,1-2H3,(H,23,25)/t16-,17-,20+/m1/s1. The topological polar surface area (TPSA) is 66.5 Å². The second kappa shape index (κ2) is 7.24. The lowest BCUT2D eigenvalue weighted by Crippen LogP contribution is -2.38. The van der Waals surface area contributed by atoms with Crippen LogP contribution in [-0.2, 0) is 10.0 Å². The van der Waals surface area contributed by atoms with E-state index in [0.29, 0.717) is 17.2 Å². The maximum atomic E-state index is 13.0. The van der Waals surface area contributed by atoms with E-state index in [1.807, 2.05) is 13.0 Å². The monoisotopic (exact) mass is 398 g/mol. The average Bonchev–Trinajstić information content (AvgIpc) is 3.31. The molecule has 0 spiro atoms. The van der Waals surface area contributed by atoms with Gasteiger partial charge in [-0.3, -0.25) is 9.10 Å². The Morgan fingerprint density at radius 1 is 1.07 bits per heavy atom. The fraction of sp³-hybridized carbons (Fsp3) is 0.409. The van der Waals surface area contributed by atoms with Gasteiger partial charge in [0.05, 0.1) is 10.6 Å². The van der Waals surface area contributed by atoms with Gasteiger partial charge < -0.3 is 5.32 Å². The largest absolute Gasteiger partial charge is 0.349 e. The molecule has 148 valence electrons. The van der Waals surface area contributed by atoms with Crippen molar-refractivity contribution >= 4 is 21.6 Å². The maximum absolute atomic E-state index is 13.0. The zero-order valence-electron chi connectivity index (χ0n) is 16.3. The van der Waals surface area contributed by atoms with Gasteiger partial charge >= 0.3 is 0 Å². The Hall–Kier alpha value is -2.34. The van der Waals surface area contributed by atoms with Crippen molar-refractivity contribution in [3.8, 4) is 0 Å². The molecule has 4 rings (SSSR count). The van der Waals surface area contributed by atoms with Crippen molar-refractivity contribution in [2.24, 2.45) is 11.8 Å². The first-order valence-corrected chi connectivity index (χ1v) is 11.3. The molecule has 2 aliphatic rings. The predicted octanol–water partition coefficient (Wildman–Crippen LogP) is 3.74. The van der Waals surface area contributed by atoms with Crippen LogP contribution in [0.2, 0.25) is 0 Å². The summed E-state index contributed by atoms with van der Waals surface area (Å²) in [4.78, 5) is 13.0. The average molecular weight is 399 g/mol. The summed E-state index contributed by atoms with van der Waals surface area (Å²) >= 11 is 0. The van der Waals surface area contributed by atoms with Crippen molar-refractivity contribution in [2.75, 3.05) is 11.4 Å². The molecule has 28 heavy (non-hydrogen) atoms. The molecule has 1 N–H and O–H groups in total. The van der Waals surface area contributed by atoms with Crippen molar-refractivity contribution < 1.29 is 13.2 Å². The smallest absolute Gasteiger partial charge is 0.264 e. The summed E-state index contributed by atoms with van der Waals surface area (Å²) in [5, 5.41) is 3.18. The summed E-state index contributed by atoms with van der Waals surface area (Å²) in [5.74, 6) is 1.23. The summed E-state index contributed by atoms with van der Waals surface area (Å²) in [6.45, 7) is 1.85. The highest BCUT2D eigenvalue weighted by Gasteiger charge is 2.40. The van der Waals surface area contributed by atoms with Gasteiger partial charge in [0.25, 0.3) is 15.9 Å². The SMILES string of the molecule is Cc1ccc(C(=O)N[C@H]2C[C@@H]3CC[C@@H]2C3)cc1N(C)S(=O)(=O)c1ccccc1. The quantitative estimate of drug-likeness (QED) is 0.834. The number of hydrogen-bond acceptors (Lipinski definition) is 3. The molecule has 3 atom stereocenters. The van der Waals surface area contributed by atoms with Crippen LogP contribution in [-0.4, -0.2) is 27.4 Å². The van der Waals surface area contributed by atoms with E-state index in [1.54, 1.807) is 42.5 Å². The number of rotatable bonds is 5. The fourth-order valence-corrected chi connectivity index (χ4v) is 5.92. The normalized spacial score (nSPS) is 23.6. The summed E-state index contributed by atoms with van der Waals surface area (Å²) in [7, 11) is -2.15. The Morgan fingerprint density at radius 3 is 2.46 bits per heavy atom. The number of anilines is 1. The molecule has 2 saturated carbocycles. The van der Waals surface area contributed by atoms with Gasteiger partial charge in [-0.2, -0.15) is 0 Å². The van der Waals surface area contributed by atoms with E-state index in [-0.39, 0.29) is 16.8 Å². The Bertz CT molecular complexity index is 988. The lowest BCUT2D eigenvalue weighted by Gasteiger charge is -2.24. The summed E-state index contributed by atoms with van der Waals surface area (Å²) in [6.07, 6.45) is 4.78. The van der Waals surface area contributed by atoms with Crippen LogP contribution in [0.5, 0.6) is 0 Å². The number of nitrogens with zero attached hydrogens (tertiary/aromatic N) is 1. The minimum absolute atomic E-state index is 0.121. The van der Waals surface area contributed by atoms with E-state index in [2.05, 4.69) is 5.32 Å². The van der Waals surface area contributed by atoms with Gasteiger partial charge in [-0.15, -0.1) is 0 Å². The lowest BCUT2D eigenvalue weighted by molar-refractivity contribution is 0.0923. The highest BCUT2D eigenvalue weighted by atomic mass is 32.2. The Morgan fingerprint density at radius 2 is 1.82 bits per heavy atom. The van der Waals surface area contributed by atoms with Crippen LogP contribution in [0.15, 0.2) is 53.4 Å². The van der Waals surface area contributed by atoms with Crippen LogP contribution in [0.4, 0.5) is 5.69 Å². The third-order valence-corrected chi connectivity index (χ3v) is 8.05. The number of sulfonamides is 1. The number of fused-ring (bicyclic) bond motifs is 2. The van der Waals surface area contributed by atoms with E-state index in [9.17, 15) is 13.2 Å². The first kappa shape index (κ1) is 19.0. The van der Waals surface area contributed by atoms with Gasteiger partial charge in [0.2, 0.25) is 0 Å². The highest BCUT2D eigenvalue weighted by Crippen LogP contribution is 2.44. The van der Waals surface area contributed by atoms with Crippen LogP contribution in [0.3, 0.4) is 0 Å². The molecule has 2 aromatic rings. The Labute approximate surface area is 166 Å². The van der Waals surface area contributed by atoms with Gasteiger partial charge in [-0.05, 0) is 67.9 Å². The Balaban J connectivity index is 1.57. The number of amides is 1. The molecule has 0 aromatic heterocycles. The zero-order chi connectivity index (χ0) is 19.9. The number of hydrogen-bond donors (Lipinski definition) is 1. The number of aryl methyl sites for hydroxylation is 1. The number of benzene rings is 2. The summed E-state index contributed by atoms with van der Waals surface area (Å²) in [6, 6.07) is 13.8. The van der Waals surface area contributed by atoms with Crippen LogP contribution in [0, 0.1) is 18.8 Å². The molecular formula is C22H26N2O3S. The first-order valence-electron chi connectivity index (χ1n) is 9.82. The molecule has 0 heterocycles. The van der Waals surface area contributed by atoms with Crippen LogP contribution < -0.4 is 9.62 Å². The molecule has 0 radical (unpaired) electrons. The minimum atomic E-state index is -3.68. The van der Waals surface area contributed by atoms with Crippen molar-refractivity contribution in [2.45, 2.75) is 43.5 Å². The van der Waals surface area contributed by atoms with Crippen molar-refractivity contribution in [1.82, 2.24) is 5.32 Å². The molecule has 2 aliphatic carbocycles. The molecule has 6 heteroatoms. The molecule has 0 saturated heterocycles. The van der Waals surface area contributed by atoms with Crippen LogP contribution >= 0.6 is 0 Å². The van der Waals surface area contributed by atoms with Crippen molar-refractivity contribution in [3.05, 3.63) is 59.7 Å². The summed E-state index contributed by atoms with van der Waals surface area (Å²) < 4.78 is 27.2. The predicted molar refractivity (Wildman–Crippen MR) is 110 cm³/mol. The molecule has 5 nitrogen and oxygen atoms in total. The van der Waals surface area contributed by atoms with Gasteiger partial charge in [0, 0.05) is 18.7 Å². The van der Waals surface area contributed by atoms with E-state index >= 15 is 0 Å². The van der Waals surface area contributed by atoms with E-state index in [4.69, 9.17) is 0 Å². The second-order valence-electron chi connectivity index (χ2n) is 8.04. The molecule has 2 bridgehead atoms. The Kier molecular flexibility index (Phi) is 4.91. The molecule has 0 unspecified atom stereocenters. The number of nitrogens with one attached hydrogen (secondary N) is 1. The zero-order valence-corrected chi connectivity index (χ0v) is 17.1. The van der Waals surface area contributed by atoms with E-state index in [1.165, 1.54) is 30.6 Å². The van der Waals surface area contributed by atoms with Gasteiger partial charge in [-0.25, -0.2) is 8.42 Å². The fourth-order valence-electron chi connectivity index (χ4n) is 4.64.